The molecule has 0 saturated carbocycles. The average molecular weight is 235 g/mol. The molecule has 0 atom stereocenters. The normalized spacial score (nSPS) is 17.2. The molecule has 2 N–H and O–H groups in total. The van der Waals surface area contributed by atoms with Gasteiger partial charge in [-0.25, -0.2) is 0 Å². The van der Waals surface area contributed by atoms with E-state index in [2.05, 4.69) is 23.8 Å². The van der Waals surface area contributed by atoms with Crippen molar-refractivity contribution in [1.82, 2.24) is 4.90 Å². The molecule has 1 heterocycles. The van der Waals surface area contributed by atoms with Crippen molar-refractivity contribution in [1.29, 1.82) is 0 Å². The molecule has 1 aromatic carbocycles. The first kappa shape index (κ1) is 12.0. The summed E-state index contributed by atoms with van der Waals surface area (Å²) >= 11 is 0. The summed E-state index contributed by atoms with van der Waals surface area (Å²) in [7, 11) is 3.87. The molecule has 1 saturated heterocycles. The molecule has 4 nitrogen and oxygen atoms in total. The molecule has 0 unspecified atom stereocenters. The second kappa shape index (κ2) is 4.84. The van der Waals surface area contributed by atoms with E-state index >= 15 is 0 Å². The molecular weight excluding hydrogens is 214 g/mol. The monoisotopic (exact) mass is 235 g/mol. The lowest BCUT2D eigenvalue weighted by atomic mass is 10.1. The van der Waals surface area contributed by atoms with Gasteiger partial charge in [0.2, 0.25) is 0 Å². The van der Waals surface area contributed by atoms with Gasteiger partial charge in [0.1, 0.15) is 5.75 Å². The number of nitrogen functional groups attached to an aromatic ring is 1. The van der Waals surface area contributed by atoms with Crippen molar-refractivity contribution in [2.24, 2.45) is 0 Å². The van der Waals surface area contributed by atoms with Crippen molar-refractivity contribution in [2.45, 2.75) is 6.92 Å². The minimum atomic E-state index is 0.833. The van der Waals surface area contributed by atoms with Crippen molar-refractivity contribution < 1.29 is 4.74 Å². The second-order valence-corrected chi connectivity index (χ2v) is 4.62. The summed E-state index contributed by atoms with van der Waals surface area (Å²) in [5.41, 5.74) is 9.09. The first-order valence-electron chi connectivity index (χ1n) is 6.00. The summed E-state index contributed by atoms with van der Waals surface area (Å²) in [6.07, 6.45) is 0. The van der Waals surface area contributed by atoms with Crippen molar-refractivity contribution in [3.8, 4) is 5.75 Å². The second-order valence-electron chi connectivity index (χ2n) is 4.62. The summed E-state index contributed by atoms with van der Waals surface area (Å²) in [6.45, 7) is 6.27. The Bertz CT molecular complexity index is 398. The molecule has 1 fully saturated rings. The first-order valence-corrected chi connectivity index (χ1v) is 6.00. The standard InChI is InChI=1S/C13H21N3O/c1-10-11(14)4-5-12(17-3)13(10)16-8-6-15(2)7-9-16/h4-5H,6-9,14H2,1-3H3. The van der Waals surface area contributed by atoms with Gasteiger partial charge in [-0.2, -0.15) is 0 Å². The molecule has 0 bridgehead atoms. The number of piperazine rings is 1. The van der Waals surface area contributed by atoms with E-state index < -0.39 is 0 Å². The molecule has 0 amide bonds. The minimum absolute atomic E-state index is 0.833. The number of likely N-dealkylation sites (N-methyl/N-ethyl adjacent to an activating group) is 1. The van der Waals surface area contributed by atoms with Gasteiger partial charge in [-0.15, -0.1) is 0 Å². The lowest BCUT2D eigenvalue weighted by Gasteiger charge is -2.35. The average Bonchev–Trinajstić information content (AvgIpc) is 2.34. The fourth-order valence-electron chi connectivity index (χ4n) is 2.28. The molecular formula is C13H21N3O. The van der Waals surface area contributed by atoms with Gasteiger partial charge in [0.05, 0.1) is 12.8 Å². The van der Waals surface area contributed by atoms with Crippen LogP contribution in [0.15, 0.2) is 12.1 Å². The Morgan fingerprint density at radius 1 is 1.18 bits per heavy atom. The number of methoxy groups -OCH3 is 1. The van der Waals surface area contributed by atoms with Crippen LogP contribution in [0.2, 0.25) is 0 Å². The summed E-state index contributed by atoms with van der Waals surface area (Å²) in [5.74, 6) is 0.918. The maximum Gasteiger partial charge on any atom is 0.142 e. The quantitative estimate of drug-likeness (QED) is 0.785. The van der Waals surface area contributed by atoms with E-state index in [1.807, 2.05) is 12.1 Å². The first-order chi connectivity index (χ1) is 8.13. The van der Waals surface area contributed by atoms with E-state index in [1.165, 1.54) is 0 Å². The van der Waals surface area contributed by atoms with Crippen molar-refractivity contribution in [2.75, 3.05) is 51.0 Å². The van der Waals surface area contributed by atoms with Gasteiger partial charge in [0.15, 0.2) is 0 Å². The Morgan fingerprint density at radius 3 is 2.41 bits per heavy atom. The Hall–Kier alpha value is -1.42. The zero-order valence-corrected chi connectivity index (χ0v) is 10.9. The number of ether oxygens (including phenoxy) is 1. The largest absolute Gasteiger partial charge is 0.495 e. The fourth-order valence-corrected chi connectivity index (χ4v) is 2.28. The van der Waals surface area contributed by atoms with Crippen LogP contribution in [0.4, 0.5) is 11.4 Å². The van der Waals surface area contributed by atoms with Crippen LogP contribution in [0.3, 0.4) is 0 Å². The van der Waals surface area contributed by atoms with Gasteiger partial charge in [0.25, 0.3) is 0 Å². The van der Waals surface area contributed by atoms with Gasteiger partial charge < -0.3 is 20.3 Å². The number of nitrogens with two attached hydrogens (primary N) is 1. The zero-order valence-electron chi connectivity index (χ0n) is 10.9. The number of hydrogen-bond acceptors (Lipinski definition) is 4. The highest BCUT2D eigenvalue weighted by molar-refractivity contribution is 5.71. The molecule has 17 heavy (non-hydrogen) atoms. The molecule has 4 heteroatoms. The van der Waals surface area contributed by atoms with Crippen LogP contribution in [-0.4, -0.2) is 45.2 Å². The van der Waals surface area contributed by atoms with Crippen LogP contribution in [0.25, 0.3) is 0 Å². The van der Waals surface area contributed by atoms with E-state index in [0.29, 0.717) is 0 Å². The van der Waals surface area contributed by atoms with Crippen LogP contribution in [0, 0.1) is 6.92 Å². The molecule has 0 aromatic heterocycles. The lowest BCUT2D eigenvalue weighted by Crippen LogP contribution is -2.44. The number of nitrogens with zero attached hydrogens (tertiary/aromatic N) is 2. The lowest BCUT2D eigenvalue weighted by molar-refractivity contribution is 0.311. The van der Waals surface area contributed by atoms with E-state index in [-0.39, 0.29) is 0 Å². The van der Waals surface area contributed by atoms with Crippen molar-refractivity contribution >= 4 is 11.4 Å². The predicted molar refractivity (Wildman–Crippen MR) is 71.9 cm³/mol. The third kappa shape index (κ3) is 2.31. The van der Waals surface area contributed by atoms with E-state index in [1.54, 1.807) is 7.11 Å². The van der Waals surface area contributed by atoms with Crippen LogP contribution in [-0.2, 0) is 0 Å². The maximum atomic E-state index is 5.99. The Morgan fingerprint density at radius 2 is 1.82 bits per heavy atom. The number of hydrogen-bond donors (Lipinski definition) is 1. The van der Waals surface area contributed by atoms with Crippen molar-refractivity contribution in [3.63, 3.8) is 0 Å². The molecule has 0 aliphatic carbocycles. The highest BCUT2D eigenvalue weighted by atomic mass is 16.5. The Balaban J connectivity index is 2.33. The molecule has 1 aromatic rings. The molecule has 1 aliphatic heterocycles. The van der Waals surface area contributed by atoms with Gasteiger partial charge in [-0.3, -0.25) is 0 Å². The maximum absolute atomic E-state index is 5.99. The van der Waals surface area contributed by atoms with Crippen LogP contribution < -0.4 is 15.4 Å². The van der Waals surface area contributed by atoms with Crippen molar-refractivity contribution in [3.05, 3.63) is 17.7 Å². The molecule has 0 radical (unpaired) electrons. The molecule has 0 spiro atoms. The smallest absolute Gasteiger partial charge is 0.142 e. The molecule has 2 rings (SSSR count). The molecule has 94 valence electrons. The third-order valence-corrected chi connectivity index (χ3v) is 3.48. The van der Waals surface area contributed by atoms with E-state index in [0.717, 1.165) is 48.9 Å². The number of rotatable bonds is 2. The highest BCUT2D eigenvalue weighted by Gasteiger charge is 2.20. The Kier molecular flexibility index (Phi) is 3.43. The SMILES string of the molecule is COc1ccc(N)c(C)c1N1CCN(C)CC1. The minimum Gasteiger partial charge on any atom is -0.495 e. The Labute approximate surface area is 103 Å². The topological polar surface area (TPSA) is 41.7 Å². The van der Waals surface area contributed by atoms with E-state index in [4.69, 9.17) is 10.5 Å². The van der Waals surface area contributed by atoms with Gasteiger partial charge >= 0.3 is 0 Å². The molecule has 1 aliphatic rings. The van der Waals surface area contributed by atoms with Gasteiger partial charge in [-0.05, 0) is 31.7 Å². The third-order valence-electron chi connectivity index (χ3n) is 3.48. The summed E-state index contributed by atoms with van der Waals surface area (Å²) in [5, 5.41) is 0. The van der Waals surface area contributed by atoms with Crippen LogP contribution in [0.1, 0.15) is 5.56 Å². The summed E-state index contributed by atoms with van der Waals surface area (Å²) in [4.78, 5) is 4.70. The summed E-state index contributed by atoms with van der Waals surface area (Å²) < 4.78 is 5.45. The zero-order chi connectivity index (χ0) is 12.4. The number of anilines is 2. The van der Waals surface area contributed by atoms with Gasteiger partial charge in [-0.1, -0.05) is 0 Å². The summed E-state index contributed by atoms with van der Waals surface area (Å²) in [6, 6.07) is 3.86. The fraction of sp³-hybridized carbons (Fsp3) is 0.538. The highest BCUT2D eigenvalue weighted by Crippen LogP contribution is 2.35. The van der Waals surface area contributed by atoms with Crippen LogP contribution in [0.5, 0.6) is 5.75 Å². The van der Waals surface area contributed by atoms with E-state index in [9.17, 15) is 0 Å². The van der Waals surface area contributed by atoms with Crippen LogP contribution >= 0.6 is 0 Å². The van der Waals surface area contributed by atoms with Gasteiger partial charge in [0, 0.05) is 31.9 Å². The number of benzene rings is 1. The predicted octanol–water partition coefficient (Wildman–Crippen LogP) is 1.34.